The molecule has 1 aromatic carbocycles. The van der Waals surface area contributed by atoms with Crippen LogP contribution in [0.3, 0.4) is 0 Å². The van der Waals surface area contributed by atoms with Gasteiger partial charge in [-0.05, 0) is 50.4 Å². The maximum Gasteiger partial charge on any atom is 0.251 e. The summed E-state index contributed by atoms with van der Waals surface area (Å²) >= 11 is 0. The second kappa shape index (κ2) is 7.41. The van der Waals surface area contributed by atoms with Crippen molar-refractivity contribution >= 4 is 15.9 Å². The molecule has 0 aromatic heterocycles. The quantitative estimate of drug-likeness (QED) is 0.626. The number of hydrogen-bond acceptors (Lipinski definition) is 5. The molecule has 138 valence electrons. The summed E-state index contributed by atoms with van der Waals surface area (Å²) in [6.45, 7) is 1.54. The molecular weight excluding hydrogens is 342 g/mol. The molecular formula is C17H25N3O4S. The van der Waals surface area contributed by atoms with E-state index < -0.39 is 10.0 Å². The van der Waals surface area contributed by atoms with E-state index in [9.17, 15) is 13.2 Å². The summed E-state index contributed by atoms with van der Waals surface area (Å²) in [7, 11) is -2.09. The van der Waals surface area contributed by atoms with Crippen LogP contribution in [0.4, 0.5) is 0 Å². The molecule has 1 atom stereocenters. The van der Waals surface area contributed by atoms with Crippen molar-refractivity contribution in [3.63, 3.8) is 0 Å². The van der Waals surface area contributed by atoms with Crippen molar-refractivity contribution in [1.29, 1.82) is 0 Å². The van der Waals surface area contributed by atoms with Gasteiger partial charge in [0.2, 0.25) is 10.0 Å². The van der Waals surface area contributed by atoms with Gasteiger partial charge < -0.3 is 15.4 Å². The second-order valence-corrected chi connectivity index (χ2v) is 8.61. The Morgan fingerprint density at radius 1 is 1.40 bits per heavy atom. The monoisotopic (exact) mass is 367 g/mol. The van der Waals surface area contributed by atoms with Gasteiger partial charge in [-0.1, -0.05) is 6.07 Å². The predicted octanol–water partition coefficient (Wildman–Crippen LogP) is 0.626. The van der Waals surface area contributed by atoms with Gasteiger partial charge >= 0.3 is 0 Å². The lowest BCUT2D eigenvalue weighted by Gasteiger charge is -2.28. The van der Waals surface area contributed by atoms with Gasteiger partial charge in [0.05, 0.1) is 17.0 Å². The van der Waals surface area contributed by atoms with Gasteiger partial charge in [0.1, 0.15) is 0 Å². The van der Waals surface area contributed by atoms with E-state index in [4.69, 9.17) is 4.74 Å². The van der Waals surface area contributed by atoms with Crippen LogP contribution >= 0.6 is 0 Å². The Kier molecular flexibility index (Phi) is 5.43. The van der Waals surface area contributed by atoms with Crippen molar-refractivity contribution < 1.29 is 17.9 Å². The molecule has 3 N–H and O–H groups in total. The fourth-order valence-corrected chi connectivity index (χ4v) is 4.26. The summed E-state index contributed by atoms with van der Waals surface area (Å²) in [6, 6.07) is 6.37. The van der Waals surface area contributed by atoms with E-state index in [1.165, 1.54) is 12.1 Å². The lowest BCUT2D eigenvalue weighted by Crippen LogP contribution is -2.52. The lowest BCUT2D eigenvalue weighted by atomic mass is 9.99. The van der Waals surface area contributed by atoms with E-state index in [-0.39, 0.29) is 28.9 Å². The lowest BCUT2D eigenvalue weighted by molar-refractivity contribution is 0.0951. The van der Waals surface area contributed by atoms with Crippen molar-refractivity contribution in [2.45, 2.75) is 42.2 Å². The molecule has 25 heavy (non-hydrogen) atoms. The molecule has 1 aliphatic heterocycles. The standard InChI is InChI=1S/C17H25N3O4S/c1-24-12-17(8-3-9-18-17)11-19-25(22,23)15-5-2-4-13(10-15)16(21)20-14-6-7-14/h2,4-5,10,14,18-19H,3,6-9,11-12H2,1H3,(H,20,21). The van der Waals surface area contributed by atoms with Gasteiger partial charge in [-0.25, -0.2) is 13.1 Å². The molecule has 2 aliphatic rings. The normalized spacial score (nSPS) is 23.6. The highest BCUT2D eigenvalue weighted by molar-refractivity contribution is 7.89. The SMILES string of the molecule is COCC1(CNS(=O)(=O)c2cccc(C(=O)NC3CC3)c2)CCCN1. The Morgan fingerprint density at radius 2 is 2.20 bits per heavy atom. The van der Waals surface area contributed by atoms with Crippen LogP contribution in [0.5, 0.6) is 0 Å². The molecule has 7 nitrogen and oxygen atoms in total. The van der Waals surface area contributed by atoms with Gasteiger partial charge in [0.15, 0.2) is 0 Å². The molecule has 1 saturated carbocycles. The first kappa shape index (κ1) is 18.3. The van der Waals surface area contributed by atoms with Crippen molar-refractivity contribution in [2.24, 2.45) is 0 Å². The van der Waals surface area contributed by atoms with Crippen molar-refractivity contribution in [3.05, 3.63) is 29.8 Å². The Hall–Kier alpha value is -1.48. The molecule has 1 aliphatic carbocycles. The molecule has 0 radical (unpaired) electrons. The van der Waals surface area contributed by atoms with E-state index in [0.717, 1.165) is 32.2 Å². The minimum atomic E-state index is -3.70. The average molecular weight is 367 g/mol. The third-order valence-corrected chi connectivity index (χ3v) is 6.07. The molecule has 1 saturated heterocycles. The number of carbonyl (C=O) groups excluding carboxylic acids is 1. The van der Waals surface area contributed by atoms with Crippen LogP contribution in [0.25, 0.3) is 0 Å². The zero-order chi connectivity index (χ0) is 17.9. The number of nitrogens with one attached hydrogen (secondary N) is 3. The van der Waals surface area contributed by atoms with Crippen LogP contribution < -0.4 is 15.4 Å². The van der Waals surface area contributed by atoms with Crippen LogP contribution in [0.1, 0.15) is 36.0 Å². The fraction of sp³-hybridized carbons (Fsp3) is 0.588. The van der Waals surface area contributed by atoms with Gasteiger partial charge in [0, 0.05) is 25.3 Å². The summed E-state index contributed by atoms with van der Waals surface area (Å²) < 4.78 is 33.2. The second-order valence-electron chi connectivity index (χ2n) is 6.84. The maximum absolute atomic E-state index is 12.6. The topological polar surface area (TPSA) is 96.5 Å². The van der Waals surface area contributed by atoms with Crippen LogP contribution in [-0.2, 0) is 14.8 Å². The van der Waals surface area contributed by atoms with Gasteiger partial charge in [-0.15, -0.1) is 0 Å². The van der Waals surface area contributed by atoms with E-state index in [2.05, 4.69) is 15.4 Å². The molecule has 0 bridgehead atoms. The zero-order valence-electron chi connectivity index (χ0n) is 14.4. The van der Waals surface area contributed by atoms with Crippen LogP contribution in [0, 0.1) is 0 Å². The summed E-state index contributed by atoms with van der Waals surface area (Å²) in [5.74, 6) is -0.229. The van der Waals surface area contributed by atoms with E-state index in [1.807, 2.05) is 0 Å². The number of ether oxygens (including phenoxy) is 1. The number of rotatable bonds is 8. The first-order valence-corrected chi connectivity index (χ1v) is 10.1. The number of amides is 1. The van der Waals surface area contributed by atoms with Crippen LogP contribution in [0.15, 0.2) is 29.2 Å². The molecule has 2 fully saturated rings. The Labute approximate surface area is 148 Å². The molecule has 8 heteroatoms. The molecule has 1 unspecified atom stereocenters. The first-order valence-electron chi connectivity index (χ1n) is 8.59. The number of benzene rings is 1. The van der Waals surface area contributed by atoms with Crippen molar-refractivity contribution in [2.75, 3.05) is 26.8 Å². The summed E-state index contributed by atoms with van der Waals surface area (Å²) in [5.41, 5.74) is -0.0108. The minimum Gasteiger partial charge on any atom is -0.383 e. The summed E-state index contributed by atoms with van der Waals surface area (Å²) in [6.07, 6.45) is 3.81. The summed E-state index contributed by atoms with van der Waals surface area (Å²) in [4.78, 5) is 12.2. The molecule has 1 heterocycles. The number of carbonyl (C=O) groups is 1. The number of methoxy groups -OCH3 is 1. The third-order valence-electron chi connectivity index (χ3n) is 4.67. The third kappa shape index (κ3) is 4.58. The van der Waals surface area contributed by atoms with E-state index in [1.54, 1.807) is 19.2 Å². The minimum absolute atomic E-state index is 0.0986. The Bertz CT molecular complexity index is 725. The van der Waals surface area contributed by atoms with E-state index >= 15 is 0 Å². The van der Waals surface area contributed by atoms with Gasteiger partial charge in [-0.2, -0.15) is 0 Å². The maximum atomic E-state index is 12.6. The molecule has 1 amide bonds. The Morgan fingerprint density at radius 3 is 2.84 bits per heavy atom. The summed E-state index contributed by atoms with van der Waals surface area (Å²) in [5, 5.41) is 6.20. The predicted molar refractivity (Wildman–Crippen MR) is 94.0 cm³/mol. The highest BCUT2D eigenvalue weighted by Gasteiger charge is 2.35. The fourth-order valence-electron chi connectivity index (χ4n) is 3.09. The van der Waals surface area contributed by atoms with Crippen molar-refractivity contribution in [3.8, 4) is 0 Å². The number of hydrogen-bond donors (Lipinski definition) is 3. The van der Waals surface area contributed by atoms with Crippen LogP contribution in [0.2, 0.25) is 0 Å². The van der Waals surface area contributed by atoms with Gasteiger partial charge in [0.25, 0.3) is 5.91 Å². The number of sulfonamides is 1. The molecule has 0 spiro atoms. The zero-order valence-corrected chi connectivity index (χ0v) is 15.2. The largest absolute Gasteiger partial charge is 0.383 e. The molecule has 3 rings (SSSR count). The van der Waals surface area contributed by atoms with E-state index in [0.29, 0.717) is 12.2 Å². The Balaban J connectivity index is 1.69. The first-order chi connectivity index (χ1) is 11.9. The van der Waals surface area contributed by atoms with Crippen LogP contribution in [-0.4, -0.2) is 52.7 Å². The van der Waals surface area contributed by atoms with Crippen molar-refractivity contribution in [1.82, 2.24) is 15.4 Å². The smallest absolute Gasteiger partial charge is 0.251 e. The highest BCUT2D eigenvalue weighted by atomic mass is 32.2. The average Bonchev–Trinajstić information content (AvgIpc) is 3.29. The van der Waals surface area contributed by atoms with Gasteiger partial charge in [-0.3, -0.25) is 4.79 Å². The molecule has 1 aromatic rings. The highest BCUT2D eigenvalue weighted by Crippen LogP contribution is 2.21.